The van der Waals surface area contributed by atoms with Gasteiger partial charge in [0.2, 0.25) is 5.91 Å². The van der Waals surface area contributed by atoms with E-state index in [0.717, 1.165) is 31.2 Å². The van der Waals surface area contributed by atoms with Gasteiger partial charge in [0.1, 0.15) is 0 Å². The van der Waals surface area contributed by atoms with Crippen LogP contribution < -0.4 is 10.6 Å². The van der Waals surface area contributed by atoms with E-state index in [1.807, 2.05) is 11.8 Å². The molecule has 0 aromatic rings. The molecule has 0 spiro atoms. The van der Waals surface area contributed by atoms with Crippen LogP contribution >= 0.6 is 35.7 Å². The third kappa shape index (κ3) is 7.49. The minimum Gasteiger partial charge on any atom is -0.356 e. The summed E-state index contributed by atoms with van der Waals surface area (Å²) >= 11 is 2.00. The van der Waals surface area contributed by atoms with Gasteiger partial charge >= 0.3 is 0 Å². The Hall–Kier alpha value is -0.230. The summed E-state index contributed by atoms with van der Waals surface area (Å²) < 4.78 is 22.8. The lowest BCUT2D eigenvalue weighted by Gasteiger charge is -2.34. The zero-order valence-electron chi connectivity index (χ0n) is 14.9. The first-order chi connectivity index (χ1) is 11.4. The van der Waals surface area contributed by atoms with Crippen LogP contribution in [0.15, 0.2) is 4.99 Å². The summed E-state index contributed by atoms with van der Waals surface area (Å²) in [5.74, 6) is 2.06. The van der Waals surface area contributed by atoms with E-state index in [9.17, 15) is 13.2 Å². The summed E-state index contributed by atoms with van der Waals surface area (Å²) in [6.07, 6.45) is 1.98. The lowest BCUT2D eigenvalue weighted by Crippen LogP contribution is -2.48. The highest BCUT2D eigenvalue weighted by molar-refractivity contribution is 14.0. The van der Waals surface area contributed by atoms with Crippen molar-refractivity contribution in [2.24, 2.45) is 4.99 Å². The molecule has 2 aliphatic rings. The maximum absolute atomic E-state index is 12.0. The Balaban J connectivity index is 0.00000312. The molecule has 0 radical (unpaired) electrons. The third-order valence-electron chi connectivity index (χ3n) is 4.34. The highest BCUT2D eigenvalue weighted by atomic mass is 127. The number of halogens is 1. The van der Waals surface area contributed by atoms with Gasteiger partial charge in [0.25, 0.3) is 0 Å². The second-order valence-electron chi connectivity index (χ2n) is 6.24. The van der Waals surface area contributed by atoms with Crippen molar-refractivity contribution in [3.8, 4) is 0 Å². The molecule has 25 heavy (non-hydrogen) atoms. The topological polar surface area (TPSA) is 90.9 Å². The lowest BCUT2D eigenvalue weighted by atomic mass is 10.2. The number of amides is 1. The molecule has 2 unspecified atom stereocenters. The summed E-state index contributed by atoms with van der Waals surface area (Å²) in [5.41, 5.74) is 0. The van der Waals surface area contributed by atoms with Gasteiger partial charge < -0.3 is 15.5 Å². The van der Waals surface area contributed by atoms with Crippen LogP contribution in [0.4, 0.5) is 0 Å². The molecule has 2 heterocycles. The molecule has 0 aromatic heterocycles. The van der Waals surface area contributed by atoms with Crippen molar-refractivity contribution in [1.29, 1.82) is 0 Å². The number of rotatable bonds is 5. The maximum atomic E-state index is 12.0. The molecule has 0 saturated carbocycles. The van der Waals surface area contributed by atoms with Crippen LogP contribution in [0.1, 0.15) is 26.2 Å². The predicted octanol–water partition coefficient (Wildman–Crippen LogP) is 0.701. The van der Waals surface area contributed by atoms with E-state index in [2.05, 4.69) is 27.4 Å². The quantitative estimate of drug-likeness (QED) is 0.326. The zero-order valence-corrected chi connectivity index (χ0v) is 18.8. The van der Waals surface area contributed by atoms with Crippen LogP contribution in [-0.2, 0) is 14.6 Å². The minimum absolute atomic E-state index is 0. The third-order valence-corrected chi connectivity index (χ3v) is 7.48. The van der Waals surface area contributed by atoms with E-state index in [0.29, 0.717) is 24.6 Å². The molecule has 10 heteroatoms. The number of aliphatic imine (C=N–C) groups is 1. The van der Waals surface area contributed by atoms with E-state index in [-0.39, 0.29) is 47.4 Å². The fourth-order valence-electron chi connectivity index (χ4n) is 2.99. The fraction of sp³-hybridized carbons (Fsp3) is 0.867. The SMILES string of the molecule is CCC1CN(C(=NC)NCCC(=O)NC2CCS(=O)(=O)C2)CCS1.I. The van der Waals surface area contributed by atoms with Crippen LogP contribution in [-0.4, -0.2) is 80.4 Å². The zero-order chi connectivity index (χ0) is 17.6. The average molecular weight is 504 g/mol. The van der Waals surface area contributed by atoms with E-state index in [1.165, 1.54) is 0 Å². The molecule has 0 bridgehead atoms. The molecular weight excluding hydrogens is 475 g/mol. The van der Waals surface area contributed by atoms with Crippen molar-refractivity contribution in [1.82, 2.24) is 15.5 Å². The van der Waals surface area contributed by atoms with Gasteiger partial charge in [0.15, 0.2) is 15.8 Å². The molecule has 2 rings (SSSR count). The molecule has 2 N–H and O–H groups in total. The molecule has 2 atom stereocenters. The summed E-state index contributed by atoms with van der Waals surface area (Å²) in [7, 11) is -1.20. The van der Waals surface area contributed by atoms with Crippen molar-refractivity contribution in [3.63, 3.8) is 0 Å². The summed E-state index contributed by atoms with van der Waals surface area (Å²) in [5, 5.41) is 6.68. The molecular formula is C15H29IN4O3S2. The molecule has 2 saturated heterocycles. The number of hydrogen-bond acceptors (Lipinski definition) is 5. The van der Waals surface area contributed by atoms with Crippen LogP contribution in [0.25, 0.3) is 0 Å². The Labute approximate surface area is 172 Å². The predicted molar refractivity (Wildman–Crippen MR) is 115 cm³/mol. The van der Waals surface area contributed by atoms with E-state index >= 15 is 0 Å². The number of hydrogen-bond donors (Lipinski definition) is 2. The van der Waals surface area contributed by atoms with Crippen molar-refractivity contribution < 1.29 is 13.2 Å². The highest BCUT2D eigenvalue weighted by Gasteiger charge is 2.28. The normalized spacial score (nSPS) is 26.0. The van der Waals surface area contributed by atoms with Gasteiger partial charge in [0.05, 0.1) is 11.5 Å². The van der Waals surface area contributed by atoms with Crippen molar-refractivity contribution in [2.75, 3.05) is 43.9 Å². The molecule has 2 fully saturated rings. The Morgan fingerprint density at radius 3 is 2.76 bits per heavy atom. The largest absolute Gasteiger partial charge is 0.356 e. The number of carbonyl (C=O) groups is 1. The van der Waals surface area contributed by atoms with E-state index in [4.69, 9.17) is 0 Å². The van der Waals surface area contributed by atoms with E-state index < -0.39 is 9.84 Å². The van der Waals surface area contributed by atoms with Crippen LogP contribution in [0.3, 0.4) is 0 Å². The molecule has 0 aromatic carbocycles. The van der Waals surface area contributed by atoms with Crippen molar-refractivity contribution >= 4 is 57.4 Å². The fourth-order valence-corrected chi connectivity index (χ4v) is 5.84. The first-order valence-corrected chi connectivity index (χ1v) is 11.4. The minimum atomic E-state index is -2.96. The van der Waals surface area contributed by atoms with Crippen molar-refractivity contribution in [2.45, 2.75) is 37.5 Å². The summed E-state index contributed by atoms with van der Waals surface area (Å²) in [4.78, 5) is 18.5. The van der Waals surface area contributed by atoms with Crippen LogP contribution in [0.2, 0.25) is 0 Å². The number of sulfone groups is 1. The second-order valence-corrected chi connectivity index (χ2v) is 9.88. The summed E-state index contributed by atoms with van der Waals surface area (Å²) in [6, 6.07) is -0.230. The first-order valence-electron chi connectivity index (χ1n) is 8.50. The van der Waals surface area contributed by atoms with E-state index in [1.54, 1.807) is 7.05 Å². The standard InChI is InChI=1S/C15H28N4O3S2.HI/c1-3-13-10-19(7-8-23-13)15(16-2)17-6-4-14(20)18-12-5-9-24(21,22)11-12;/h12-13H,3-11H2,1-2H3,(H,16,17)(H,18,20);1H. The maximum Gasteiger partial charge on any atom is 0.222 e. The van der Waals surface area contributed by atoms with Gasteiger partial charge in [-0.15, -0.1) is 24.0 Å². The summed E-state index contributed by atoms with van der Waals surface area (Å²) in [6.45, 7) is 4.64. The second kappa shape index (κ2) is 10.8. The molecule has 146 valence electrons. The molecule has 7 nitrogen and oxygen atoms in total. The number of nitrogens with zero attached hydrogens (tertiary/aromatic N) is 2. The average Bonchev–Trinajstić information content (AvgIpc) is 2.90. The van der Waals surface area contributed by atoms with Gasteiger partial charge in [-0.2, -0.15) is 11.8 Å². The number of carbonyl (C=O) groups excluding carboxylic acids is 1. The van der Waals surface area contributed by atoms with Gasteiger partial charge in [0, 0.05) is 50.1 Å². The Morgan fingerprint density at radius 2 is 2.16 bits per heavy atom. The molecule has 2 aliphatic heterocycles. The number of thioether (sulfide) groups is 1. The highest BCUT2D eigenvalue weighted by Crippen LogP contribution is 2.20. The molecule has 0 aliphatic carbocycles. The Bertz CT molecular complexity index is 571. The van der Waals surface area contributed by atoms with Gasteiger partial charge in [-0.3, -0.25) is 9.79 Å². The van der Waals surface area contributed by atoms with Gasteiger partial charge in [-0.25, -0.2) is 8.42 Å². The van der Waals surface area contributed by atoms with Crippen LogP contribution in [0, 0.1) is 0 Å². The molecule has 1 amide bonds. The first kappa shape index (κ1) is 22.8. The monoisotopic (exact) mass is 504 g/mol. The van der Waals surface area contributed by atoms with Crippen molar-refractivity contribution in [3.05, 3.63) is 0 Å². The Kier molecular flexibility index (Phi) is 9.86. The lowest BCUT2D eigenvalue weighted by molar-refractivity contribution is -0.121. The van der Waals surface area contributed by atoms with Gasteiger partial charge in [-0.1, -0.05) is 6.92 Å². The van der Waals surface area contributed by atoms with Crippen LogP contribution in [0.5, 0.6) is 0 Å². The number of nitrogens with one attached hydrogen (secondary N) is 2. The Morgan fingerprint density at radius 1 is 1.40 bits per heavy atom. The smallest absolute Gasteiger partial charge is 0.222 e. The number of guanidine groups is 1. The van der Waals surface area contributed by atoms with Gasteiger partial charge in [-0.05, 0) is 12.8 Å².